The lowest BCUT2D eigenvalue weighted by atomic mass is 10.2. The lowest BCUT2D eigenvalue weighted by molar-refractivity contribution is 0.174. The molecule has 5 nitrogen and oxygen atoms in total. The van der Waals surface area contributed by atoms with Gasteiger partial charge in [-0.15, -0.1) is 0 Å². The van der Waals surface area contributed by atoms with E-state index in [2.05, 4.69) is 15.9 Å². The van der Waals surface area contributed by atoms with Gasteiger partial charge < -0.3 is 19.9 Å². The SMILES string of the molecule is N=C(N)c1c(Br)cccc1Oc1ccc2c(c1)OCO2. The molecule has 2 aromatic carbocycles. The van der Waals surface area contributed by atoms with Crippen LogP contribution in [-0.2, 0) is 0 Å². The van der Waals surface area contributed by atoms with Crippen molar-refractivity contribution >= 4 is 21.8 Å². The summed E-state index contributed by atoms with van der Waals surface area (Å²) in [6.45, 7) is 0.217. The van der Waals surface area contributed by atoms with Crippen molar-refractivity contribution in [3.8, 4) is 23.0 Å². The molecule has 1 heterocycles. The Morgan fingerprint density at radius 3 is 2.80 bits per heavy atom. The number of nitrogens with two attached hydrogens (primary N) is 1. The summed E-state index contributed by atoms with van der Waals surface area (Å²) >= 11 is 3.37. The van der Waals surface area contributed by atoms with Crippen LogP contribution in [0.1, 0.15) is 5.56 Å². The maximum absolute atomic E-state index is 7.63. The van der Waals surface area contributed by atoms with E-state index in [-0.39, 0.29) is 12.6 Å². The van der Waals surface area contributed by atoms with Gasteiger partial charge in [0.2, 0.25) is 6.79 Å². The maximum atomic E-state index is 7.63. The van der Waals surface area contributed by atoms with E-state index in [1.54, 1.807) is 24.3 Å². The molecular formula is C14H11BrN2O3. The number of rotatable bonds is 3. The van der Waals surface area contributed by atoms with Gasteiger partial charge in [0.25, 0.3) is 0 Å². The van der Waals surface area contributed by atoms with Crippen LogP contribution >= 0.6 is 15.9 Å². The molecular weight excluding hydrogens is 324 g/mol. The van der Waals surface area contributed by atoms with Gasteiger partial charge in [0, 0.05) is 10.5 Å². The van der Waals surface area contributed by atoms with Crippen molar-refractivity contribution in [3.05, 3.63) is 46.4 Å². The molecule has 20 heavy (non-hydrogen) atoms. The highest BCUT2D eigenvalue weighted by atomic mass is 79.9. The Hall–Kier alpha value is -2.21. The number of hydrogen-bond acceptors (Lipinski definition) is 4. The van der Waals surface area contributed by atoms with Crippen LogP contribution in [0.2, 0.25) is 0 Å². The molecule has 0 fully saturated rings. The van der Waals surface area contributed by atoms with Crippen molar-refractivity contribution in [2.45, 2.75) is 0 Å². The quantitative estimate of drug-likeness (QED) is 0.667. The third-order valence-corrected chi connectivity index (χ3v) is 3.48. The van der Waals surface area contributed by atoms with Crippen molar-refractivity contribution in [3.63, 3.8) is 0 Å². The van der Waals surface area contributed by atoms with Crippen molar-refractivity contribution in [1.82, 2.24) is 0 Å². The third kappa shape index (κ3) is 2.30. The average Bonchev–Trinajstić information content (AvgIpc) is 2.85. The molecule has 0 atom stereocenters. The fraction of sp³-hybridized carbons (Fsp3) is 0.0714. The molecule has 0 saturated heterocycles. The number of hydrogen-bond donors (Lipinski definition) is 2. The third-order valence-electron chi connectivity index (χ3n) is 2.82. The number of ether oxygens (including phenoxy) is 3. The Bertz CT molecular complexity index is 688. The second-order valence-corrected chi connectivity index (χ2v) is 5.00. The molecule has 0 amide bonds. The Kier molecular flexibility index (Phi) is 3.23. The molecule has 6 heteroatoms. The summed E-state index contributed by atoms with van der Waals surface area (Å²) in [4.78, 5) is 0. The van der Waals surface area contributed by atoms with E-state index in [0.29, 0.717) is 33.0 Å². The number of benzene rings is 2. The molecule has 3 N–H and O–H groups in total. The minimum atomic E-state index is -0.0618. The molecule has 0 saturated carbocycles. The first-order valence-electron chi connectivity index (χ1n) is 5.85. The Morgan fingerprint density at radius 2 is 2.00 bits per heavy atom. The van der Waals surface area contributed by atoms with Gasteiger partial charge in [0.05, 0.1) is 5.56 Å². The van der Waals surface area contributed by atoms with Crippen LogP contribution < -0.4 is 19.9 Å². The molecule has 3 rings (SSSR count). The summed E-state index contributed by atoms with van der Waals surface area (Å²) in [5, 5.41) is 7.63. The minimum absolute atomic E-state index is 0.0618. The zero-order valence-electron chi connectivity index (χ0n) is 10.4. The molecule has 1 aliphatic heterocycles. The van der Waals surface area contributed by atoms with E-state index in [9.17, 15) is 0 Å². The molecule has 0 radical (unpaired) electrons. The number of nitrogen functional groups attached to an aromatic ring is 1. The van der Waals surface area contributed by atoms with Crippen LogP contribution in [-0.4, -0.2) is 12.6 Å². The van der Waals surface area contributed by atoms with Gasteiger partial charge in [-0.2, -0.15) is 0 Å². The highest BCUT2D eigenvalue weighted by molar-refractivity contribution is 9.10. The Morgan fingerprint density at radius 1 is 1.20 bits per heavy atom. The van der Waals surface area contributed by atoms with Crippen LogP contribution in [0, 0.1) is 5.41 Å². The highest BCUT2D eigenvalue weighted by Gasteiger charge is 2.16. The van der Waals surface area contributed by atoms with E-state index in [1.165, 1.54) is 0 Å². The van der Waals surface area contributed by atoms with Crippen molar-refractivity contribution < 1.29 is 14.2 Å². The van der Waals surface area contributed by atoms with Crippen molar-refractivity contribution in [2.24, 2.45) is 5.73 Å². The maximum Gasteiger partial charge on any atom is 0.231 e. The van der Waals surface area contributed by atoms with Gasteiger partial charge in [-0.05, 0) is 40.2 Å². The van der Waals surface area contributed by atoms with Gasteiger partial charge in [-0.1, -0.05) is 6.07 Å². The molecule has 102 valence electrons. The first kappa shape index (κ1) is 12.8. The minimum Gasteiger partial charge on any atom is -0.456 e. The molecule has 0 spiro atoms. The van der Waals surface area contributed by atoms with E-state index in [4.69, 9.17) is 25.4 Å². The molecule has 0 aromatic heterocycles. The van der Waals surface area contributed by atoms with E-state index in [1.807, 2.05) is 12.1 Å². The second kappa shape index (κ2) is 5.05. The lowest BCUT2D eigenvalue weighted by Gasteiger charge is -2.12. The zero-order valence-corrected chi connectivity index (χ0v) is 11.9. The van der Waals surface area contributed by atoms with Gasteiger partial charge in [0.1, 0.15) is 17.3 Å². The van der Waals surface area contributed by atoms with Crippen molar-refractivity contribution in [2.75, 3.05) is 6.79 Å². The predicted octanol–water partition coefficient (Wildman–Crippen LogP) is 3.25. The summed E-state index contributed by atoms with van der Waals surface area (Å²) < 4.78 is 17.0. The molecule has 1 aliphatic rings. The fourth-order valence-corrected chi connectivity index (χ4v) is 2.48. The number of nitrogens with one attached hydrogen (secondary N) is 1. The topological polar surface area (TPSA) is 77.6 Å². The smallest absolute Gasteiger partial charge is 0.231 e. The van der Waals surface area contributed by atoms with Crippen LogP contribution in [0.3, 0.4) is 0 Å². The van der Waals surface area contributed by atoms with Gasteiger partial charge in [-0.3, -0.25) is 5.41 Å². The van der Waals surface area contributed by atoms with Gasteiger partial charge in [-0.25, -0.2) is 0 Å². The first-order valence-corrected chi connectivity index (χ1v) is 6.65. The van der Waals surface area contributed by atoms with Crippen LogP contribution in [0.15, 0.2) is 40.9 Å². The lowest BCUT2D eigenvalue weighted by Crippen LogP contribution is -2.13. The van der Waals surface area contributed by atoms with E-state index in [0.717, 1.165) is 0 Å². The molecule has 0 unspecified atom stereocenters. The average molecular weight is 335 g/mol. The standard InChI is InChI=1S/C14H11BrN2O3/c15-9-2-1-3-11(13(9)14(16)17)20-8-4-5-10-12(6-8)19-7-18-10/h1-6H,7H2,(H3,16,17). The monoisotopic (exact) mass is 334 g/mol. The van der Waals surface area contributed by atoms with Gasteiger partial charge >= 0.3 is 0 Å². The normalized spacial score (nSPS) is 12.2. The van der Waals surface area contributed by atoms with Gasteiger partial charge in [0.15, 0.2) is 11.5 Å². The Labute approximate surface area is 123 Å². The van der Waals surface area contributed by atoms with E-state index < -0.39 is 0 Å². The number of amidine groups is 1. The van der Waals surface area contributed by atoms with Crippen LogP contribution in [0.4, 0.5) is 0 Å². The number of fused-ring (bicyclic) bond motifs is 1. The molecule has 2 aromatic rings. The molecule has 0 bridgehead atoms. The summed E-state index contributed by atoms with van der Waals surface area (Å²) in [6.07, 6.45) is 0. The van der Waals surface area contributed by atoms with Crippen molar-refractivity contribution in [1.29, 1.82) is 5.41 Å². The summed E-state index contributed by atoms with van der Waals surface area (Å²) in [6, 6.07) is 10.7. The molecule has 0 aliphatic carbocycles. The Balaban J connectivity index is 1.95. The predicted molar refractivity (Wildman–Crippen MR) is 77.8 cm³/mol. The largest absolute Gasteiger partial charge is 0.456 e. The highest BCUT2D eigenvalue weighted by Crippen LogP contribution is 2.37. The number of halogens is 1. The fourth-order valence-electron chi connectivity index (χ4n) is 1.92. The second-order valence-electron chi connectivity index (χ2n) is 4.14. The summed E-state index contributed by atoms with van der Waals surface area (Å²) in [5.74, 6) is 2.37. The summed E-state index contributed by atoms with van der Waals surface area (Å²) in [5.41, 5.74) is 6.11. The first-order chi connectivity index (χ1) is 9.65. The van der Waals surface area contributed by atoms with E-state index >= 15 is 0 Å². The summed E-state index contributed by atoms with van der Waals surface area (Å²) in [7, 11) is 0. The zero-order chi connectivity index (χ0) is 14.1. The van der Waals surface area contributed by atoms with Crippen LogP contribution in [0.5, 0.6) is 23.0 Å². The van der Waals surface area contributed by atoms with Crippen LogP contribution in [0.25, 0.3) is 0 Å².